The van der Waals surface area contributed by atoms with Gasteiger partial charge in [0.15, 0.2) is 0 Å². The molecular weight excluding hydrogens is 596 g/mol. The molecule has 10 nitrogen and oxygen atoms in total. The van der Waals surface area contributed by atoms with Crippen LogP contribution in [0.25, 0.3) is 22.5 Å². The highest BCUT2D eigenvalue weighted by atomic mass is 35.5. The van der Waals surface area contributed by atoms with Gasteiger partial charge in [-0.1, -0.05) is 56.1 Å². The van der Waals surface area contributed by atoms with E-state index in [-0.39, 0.29) is 24.4 Å². The number of nitrogens with one attached hydrogen (secondary N) is 2. The second kappa shape index (κ2) is 16.5. The molecule has 0 unspecified atom stereocenters. The third-order valence-electron chi connectivity index (χ3n) is 7.22. The van der Waals surface area contributed by atoms with Crippen molar-refractivity contribution in [2.45, 2.75) is 52.4 Å². The Hall–Kier alpha value is -4.54. The van der Waals surface area contributed by atoms with Gasteiger partial charge in [0.05, 0.1) is 29.1 Å². The molecule has 0 radical (unpaired) electrons. The van der Waals surface area contributed by atoms with Crippen LogP contribution in [0.1, 0.15) is 61.0 Å². The third kappa shape index (κ3) is 8.99. The van der Waals surface area contributed by atoms with Crippen LogP contribution in [-0.4, -0.2) is 46.6 Å². The highest BCUT2D eigenvalue weighted by Gasteiger charge is 2.29. The topological polar surface area (TPSA) is 136 Å². The smallest absolute Gasteiger partial charge is 0.338 e. The summed E-state index contributed by atoms with van der Waals surface area (Å²) in [6, 6.07) is 14.9. The van der Waals surface area contributed by atoms with Crippen LogP contribution in [0.4, 0.5) is 11.4 Å². The van der Waals surface area contributed by atoms with Crippen LogP contribution in [0.2, 0.25) is 5.02 Å². The summed E-state index contributed by atoms with van der Waals surface area (Å²) in [5.41, 5.74) is 2.97. The number of imidazole rings is 1. The van der Waals surface area contributed by atoms with Gasteiger partial charge < -0.3 is 19.8 Å². The SMILES string of the molecule is CCCCOCCCCOC(=O)c1ccc(-c2c(CC)c(-c3ncc[nH]3)cc(NC(=O)Cc3ccc(Cl)cc3)c2[N+](=O)[O-])cc1. The number of carbonyl (C=O) groups is 2. The molecule has 236 valence electrons. The van der Waals surface area contributed by atoms with Gasteiger partial charge in [-0.05, 0) is 72.7 Å². The number of anilines is 1. The van der Waals surface area contributed by atoms with E-state index in [0.29, 0.717) is 63.7 Å². The van der Waals surface area contributed by atoms with Crippen molar-refractivity contribution in [3.63, 3.8) is 0 Å². The molecule has 2 N–H and O–H groups in total. The molecule has 0 spiro atoms. The zero-order valence-electron chi connectivity index (χ0n) is 25.4. The Bertz CT molecular complexity index is 1590. The Morgan fingerprint density at radius 1 is 1.00 bits per heavy atom. The van der Waals surface area contributed by atoms with Gasteiger partial charge in [-0.2, -0.15) is 0 Å². The number of rotatable bonds is 16. The van der Waals surface area contributed by atoms with Crippen LogP contribution >= 0.6 is 11.6 Å². The summed E-state index contributed by atoms with van der Waals surface area (Å²) in [7, 11) is 0. The third-order valence-corrected chi connectivity index (χ3v) is 7.47. The molecule has 0 aliphatic heterocycles. The molecule has 1 amide bonds. The van der Waals surface area contributed by atoms with Gasteiger partial charge in [-0.3, -0.25) is 14.9 Å². The Kier molecular flexibility index (Phi) is 12.2. The van der Waals surface area contributed by atoms with Gasteiger partial charge in [-0.15, -0.1) is 0 Å². The van der Waals surface area contributed by atoms with E-state index >= 15 is 0 Å². The monoisotopic (exact) mass is 632 g/mol. The highest BCUT2D eigenvalue weighted by Crippen LogP contribution is 2.44. The lowest BCUT2D eigenvalue weighted by atomic mass is 9.90. The number of benzene rings is 3. The van der Waals surface area contributed by atoms with Gasteiger partial charge in [-0.25, -0.2) is 9.78 Å². The lowest BCUT2D eigenvalue weighted by Gasteiger charge is -2.17. The van der Waals surface area contributed by atoms with E-state index in [2.05, 4.69) is 22.2 Å². The highest BCUT2D eigenvalue weighted by molar-refractivity contribution is 6.30. The molecule has 11 heteroatoms. The normalized spacial score (nSPS) is 10.9. The molecule has 4 aromatic rings. The Labute approximate surface area is 267 Å². The van der Waals surface area contributed by atoms with Crippen LogP contribution in [0.3, 0.4) is 0 Å². The van der Waals surface area contributed by atoms with Gasteiger partial charge in [0.1, 0.15) is 11.5 Å². The summed E-state index contributed by atoms with van der Waals surface area (Å²) in [6.45, 7) is 5.65. The first-order valence-corrected chi connectivity index (χ1v) is 15.4. The van der Waals surface area contributed by atoms with Gasteiger partial charge in [0.2, 0.25) is 5.91 Å². The second-order valence-electron chi connectivity index (χ2n) is 10.5. The second-order valence-corrected chi connectivity index (χ2v) is 10.9. The molecule has 0 saturated heterocycles. The fourth-order valence-electron chi connectivity index (χ4n) is 4.96. The Morgan fingerprint density at radius 2 is 1.71 bits per heavy atom. The molecule has 0 saturated carbocycles. The number of nitrogens with zero attached hydrogens (tertiary/aromatic N) is 2. The maximum Gasteiger partial charge on any atom is 0.338 e. The largest absolute Gasteiger partial charge is 0.462 e. The van der Waals surface area contributed by atoms with Crippen molar-refractivity contribution in [3.8, 4) is 22.5 Å². The molecule has 0 fully saturated rings. The molecule has 1 heterocycles. The summed E-state index contributed by atoms with van der Waals surface area (Å²) >= 11 is 5.97. The van der Waals surface area contributed by atoms with E-state index in [1.54, 1.807) is 67.0 Å². The number of ether oxygens (including phenoxy) is 2. The minimum absolute atomic E-state index is 0.00202. The molecule has 0 aliphatic rings. The van der Waals surface area contributed by atoms with E-state index in [4.69, 9.17) is 21.1 Å². The molecule has 0 bridgehead atoms. The number of hydrogen-bond acceptors (Lipinski definition) is 7. The zero-order valence-corrected chi connectivity index (χ0v) is 26.2. The van der Waals surface area contributed by atoms with Crippen molar-refractivity contribution < 1.29 is 24.0 Å². The van der Waals surface area contributed by atoms with Crippen molar-refractivity contribution in [2.24, 2.45) is 0 Å². The summed E-state index contributed by atoms with van der Waals surface area (Å²) in [5, 5.41) is 15.9. The first-order valence-electron chi connectivity index (χ1n) is 15.1. The minimum atomic E-state index is -0.494. The van der Waals surface area contributed by atoms with E-state index in [1.165, 1.54) is 0 Å². The predicted molar refractivity (Wildman–Crippen MR) is 175 cm³/mol. The molecule has 4 rings (SSSR count). The van der Waals surface area contributed by atoms with Gasteiger partial charge in [0.25, 0.3) is 0 Å². The van der Waals surface area contributed by atoms with E-state index in [0.717, 1.165) is 25.9 Å². The lowest BCUT2D eigenvalue weighted by Crippen LogP contribution is -2.16. The number of H-pyrrole nitrogens is 1. The quantitative estimate of drug-likeness (QED) is 0.0556. The van der Waals surface area contributed by atoms with Crippen molar-refractivity contribution in [2.75, 3.05) is 25.1 Å². The maximum absolute atomic E-state index is 13.1. The first-order chi connectivity index (χ1) is 21.8. The number of hydrogen-bond donors (Lipinski definition) is 2. The molecule has 1 aromatic heterocycles. The van der Waals surface area contributed by atoms with Gasteiger partial charge >= 0.3 is 11.7 Å². The molecule has 0 atom stereocenters. The summed E-state index contributed by atoms with van der Waals surface area (Å²) in [5.74, 6) is -0.392. The van der Waals surface area contributed by atoms with E-state index in [1.807, 2.05) is 6.92 Å². The molecule has 45 heavy (non-hydrogen) atoms. The average Bonchev–Trinajstić information content (AvgIpc) is 3.58. The number of nitro benzene ring substituents is 1. The fourth-order valence-corrected chi connectivity index (χ4v) is 5.08. The lowest BCUT2D eigenvalue weighted by molar-refractivity contribution is -0.383. The van der Waals surface area contributed by atoms with Crippen LogP contribution in [0.15, 0.2) is 67.0 Å². The number of aromatic nitrogens is 2. The first kappa shape index (κ1) is 33.4. The van der Waals surface area contributed by atoms with E-state index in [9.17, 15) is 19.7 Å². The van der Waals surface area contributed by atoms with E-state index < -0.39 is 16.8 Å². The Balaban J connectivity index is 1.61. The average molecular weight is 633 g/mol. The van der Waals surface area contributed by atoms with Crippen LogP contribution in [0.5, 0.6) is 0 Å². The predicted octanol–water partition coefficient (Wildman–Crippen LogP) is 7.80. The minimum Gasteiger partial charge on any atom is -0.462 e. The molecule has 0 aliphatic carbocycles. The number of carbonyl (C=O) groups excluding carboxylic acids is 2. The zero-order chi connectivity index (χ0) is 32.2. The van der Waals surface area contributed by atoms with Crippen molar-refractivity contribution >= 4 is 34.9 Å². The number of esters is 1. The number of aromatic amines is 1. The summed E-state index contributed by atoms with van der Waals surface area (Å²) < 4.78 is 11.0. The number of nitro groups is 1. The number of unbranched alkanes of at least 4 members (excludes halogenated alkanes) is 2. The Morgan fingerprint density at radius 3 is 2.36 bits per heavy atom. The van der Waals surface area contributed by atoms with Crippen molar-refractivity contribution in [3.05, 3.63) is 98.8 Å². The maximum atomic E-state index is 13.1. The van der Waals surface area contributed by atoms with Crippen molar-refractivity contribution in [1.29, 1.82) is 0 Å². The summed E-state index contributed by atoms with van der Waals surface area (Å²) in [4.78, 5) is 45.4. The number of halogens is 1. The van der Waals surface area contributed by atoms with Crippen molar-refractivity contribution in [1.82, 2.24) is 9.97 Å². The fraction of sp³-hybridized carbons (Fsp3) is 0.324. The van der Waals surface area contributed by atoms with Crippen LogP contribution < -0.4 is 5.32 Å². The van der Waals surface area contributed by atoms with Gasteiger partial charge in [0, 0.05) is 36.2 Å². The van der Waals surface area contributed by atoms with Crippen LogP contribution in [-0.2, 0) is 27.1 Å². The molecular formula is C34H37ClN4O6. The molecule has 3 aromatic carbocycles. The van der Waals surface area contributed by atoms with Crippen LogP contribution in [0, 0.1) is 10.1 Å². The number of amides is 1. The summed E-state index contributed by atoms with van der Waals surface area (Å²) in [6.07, 6.45) is 7.29. The standard InChI is InChI=1S/C34H37ClN4O6/c1-3-5-18-44-19-6-7-20-45-34(41)25-12-10-24(11-13-25)31-27(4-2)28(33-36-16-17-37-33)22-29(32(31)39(42)43)38-30(40)21-23-8-14-26(35)15-9-23/h8-17,22H,3-7,18-21H2,1-2H3,(H,36,37)(H,38,40).